The molecule has 14 nitrogen and oxygen atoms in total. The summed E-state index contributed by atoms with van der Waals surface area (Å²) in [5.74, 6) is 0.298. The number of carbonyl (C=O) groups is 6. The van der Waals surface area contributed by atoms with Crippen LogP contribution in [0, 0.1) is 12.3 Å². The molecule has 6 amide bonds. The topological polar surface area (TPSA) is 174 Å². The average molecular weight is 719 g/mol. The Morgan fingerprint density at radius 1 is 0.736 bits per heavy atom. The molecule has 0 unspecified atom stereocenters. The van der Waals surface area contributed by atoms with Crippen LogP contribution in [0.5, 0.6) is 0 Å². The predicted molar refractivity (Wildman–Crippen MR) is 195 cm³/mol. The van der Waals surface area contributed by atoms with Crippen molar-refractivity contribution in [3.63, 3.8) is 0 Å². The van der Waals surface area contributed by atoms with Crippen LogP contribution in [0.3, 0.4) is 0 Å². The third kappa shape index (κ3) is 8.52. The molecule has 0 spiro atoms. The number of hydrogen-bond donors (Lipinski definition) is 3. The zero-order chi connectivity index (χ0) is 37.3. The number of nitrogens with one attached hydrogen (secondary N) is 3. The number of hydrogen-bond acceptors (Lipinski definition) is 8. The molecule has 53 heavy (non-hydrogen) atoms. The van der Waals surface area contributed by atoms with E-state index in [1.54, 1.807) is 64.7 Å². The Morgan fingerprint density at radius 2 is 1.34 bits per heavy atom. The lowest BCUT2D eigenvalue weighted by Crippen LogP contribution is -2.52. The van der Waals surface area contributed by atoms with Gasteiger partial charge in [0.25, 0.3) is 11.8 Å². The molecule has 14 heteroatoms. The Labute approximate surface area is 307 Å². The lowest BCUT2D eigenvalue weighted by atomic mass is 10.1. The van der Waals surface area contributed by atoms with E-state index in [-0.39, 0.29) is 36.1 Å². The second kappa shape index (κ2) is 16.9. The SMILES string of the molecule is C#CCC[C@H](NC(=O)c1cccc(NC(=O)[C@@H]2CCCN2C(=O)[C@@H]2CCCN2C(=O)c2cccnc2)c1)C(=O)N1CCC[C@H]1C(=O)Nc1cccnc1. The van der Waals surface area contributed by atoms with E-state index in [1.165, 1.54) is 23.4 Å². The van der Waals surface area contributed by atoms with Crippen LogP contribution in [0.1, 0.15) is 72.1 Å². The van der Waals surface area contributed by atoms with E-state index in [1.807, 2.05) is 0 Å². The fraction of sp³-hybridized carbons (Fsp3) is 0.385. The Balaban J connectivity index is 1.09. The van der Waals surface area contributed by atoms with Crippen LogP contribution in [0.15, 0.2) is 73.3 Å². The second-order valence-electron chi connectivity index (χ2n) is 13.3. The zero-order valence-corrected chi connectivity index (χ0v) is 29.3. The first-order chi connectivity index (χ1) is 25.7. The standard InChI is InChI=1S/C39H42N8O6/c1-2-3-14-30(38(52)45-20-7-15-31(45)36(50)43-29-13-6-19-41-25-29)44-34(48)26-10-4-12-28(23-26)42-35(49)32-16-8-21-46(32)39(53)33-17-9-22-47(33)37(51)27-11-5-18-40-24-27/h1,4-6,10-13,18-19,23-25,30-33H,3,7-9,14-17,20-22H2,(H,42,49)(H,43,50)(H,44,48)/t30-,31-,32-,33-/m0/s1. The molecule has 0 saturated carbocycles. The number of carbonyl (C=O) groups excluding carboxylic acids is 6. The van der Waals surface area contributed by atoms with Crippen molar-refractivity contribution in [1.29, 1.82) is 0 Å². The van der Waals surface area contributed by atoms with E-state index in [0.29, 0.717) is 75.1 Å². The predicted octanol–water partition coefficient (Wildman–Crippen LogP) is 2.85. The number of pyridine rings is 2. The van der Waals surface area contributed by atoms with Crippen LogP contribution in [0.25, 0.3) is 0 Å². The average Bonchev–Trinajstić information content (AvgIpc) is 3.98. The van der Waals surface area contributed by atoms with Crippen molar-refractivity contribution in [2.24, 2.45) is 0 Å². The van der Waals surface area contributed by atoms with Crippen LogP contribution in [-0.4, -0.2) is 104 Å². The monoisotopic (exact) mass is 718 g/mol. The molecule has 1 aromatic carbocycles. The van der Waals surface area contributed by atoms with Crippen LogP contribution in [0.2, 0.25) is 0 Å². The summed E-state index contributed by atoms with van der Waals surface area (Å²) in [6.45, 7) is 1.19. The number of nitrogens with zero attached hydrogens (tertiary/aromatic N) is 5. The van der Waals surface area contributed by atoms with Gasteiger partial charge in [-0.25, -0.2) is 0 Å². The summed E-state index contributed by atoms with van der Waals surface area (Å²) < 4.78 is 0. The fourth-order valence-corrected chi connectivity index (χ4v) is 7.27. The Bertz CT molecular complexity index is 1880. The molecule has 0 aliphatic carbocycles. The largest absolute Gasteiger partial charge is 0.340 e. The van der Waals surface area contributed by atoms with Gasteiger partial charge in [-0.15, -0.1) is 12.3 Å². The lowest BCUT2D eigenvalue weighted by molar-refractivity contribution is -0.139. The van der Waals surface area contributed by atoms with Gasteiger partial charge in [-0.2, -0.15) is 0 Å². The number of rotatable bonds is 11. The molecule has 4 atom stereocenters. The molecule has 0 radical (unpaired) electrons. The summed E-state index contributed by atoms with van der Waals surface area (Å²) in [6, 6.07) is 9.95. The number of benzene rings is 1. The van der Waals surface area contributed by atoms with Crippen LogP contribution in [0.4, 0.5) is 11.4 Å². The maximum absolute atomic E-state index is 13.8. The molecule has 3 aliphatic heterocycles. The van der Waals surface area contributed by atoms with Crippen molar-refractivity contribution in [2.75, 3.05) is 30.3 Å². The minimum atomic E-state index is -0.984. The summed E-state index contributed by atoms with van der Waals surface area (Å²) in [4.78, 5) is 93.7. The number of aromatic nitrogens is 2. The molecule has 5 heterocycles. The van der Waals surface area contributed by atoms with Crippen LogP contribution in [-0.2, 0) is 19.2 Å². The van der Waals surface area contributed by atoms with Gasteiger partial charge in [-0.1, -0.05) is 6.07 Å². The van der Waals surface area contributed by atoms with Crippen molar-refractivity contribution in [2.45, 2.75) is 75.5 Å². The van der Waals surface area contributed by atoms with E-state index < -0.39 is 41.9 Å². The van der Waals surface area contributed by atoms with Crippen molar-refractivity contribution in [1.82, 2.24) is 30.0 Å². The van der Waals surface area contributed by atoms with Gasteiger partial charge >= 0.3 is 0 Å². The Hall–Kier alpha value is -6.10. The summed E-state index contributed by atoms with van der Waals surface area (Å²) in [5, 5.41) is 8.46. The van der Waals surface area contributed by atoms with E-state index in [9.17, 15) is 28.8 Å². The number of terminal acetylenes is 1. The Morgan fingerprint density at radius 3 is 2.02 bits per heavy atom. The lowest BCUT2D eigenvalue weighted by Gasteiger charge is -2.31. The maximum atomic E-state index is 13.8. The molecule has 274 valence electrons. The highest BCUT2D eigenvalue weighted by Gasteiger charge is 2.42. The molecular formula is C39H42N8O6. The molecule has 0 bridgehead atoms. The van der Waals surface area contributed by atoms with Gasteiger partial charge in [0.05, 0.1) is 17.4 Å². The highest BCUT2D eigenvalue weighted by atomic mass is 16.2. The normalized spacial score (nSPS) is 20.0. The molecule has 3 fully saturated rings. The minimum Gasteiger partial charge on any atom is -0.340 e. The summed E-state index contributed by atoms with van der Waals surface area (Å²) in [6.07, 6.45) is 15.5. The van der Waals surface area contributed by atoms with Crippen molar-refractivity contribution < 1.29 is 28.8 Å². The molecule has 3 aromatic rings. The van der Waals surface area contributed by atoms with E-state index in [2.05, 4.69) is 31.8 Å². The van der Waals surface area contributed by atoms with Crippen molar-refractivity contribution >= 4 is 46.8 Å². The van der Waals surface area contributed by atoms with E-state index >= 15 is 0 Å². The van der Waals surface area contributed by atoms with E-state index in [4.69, 9.17) is 6.42 Å². The molecule has 3 N–H and O–H groups in total. The first-order valence-corrected chi connectivity index (χ1v) is 17.9. The van der Waals surface area contributed by atoms with Gasteiger partial charge in [-0.05, 0) is 87.4 Å². The third-order valence-electron chi connectivity index (χ3n) is 9.89. The Kier molecular flexibility index (Phi) is 11.7. The van der Waals surface area contributed by atoms with Gasteiger partial charge in [0.1, 0.15) is 24.2 Å². The highest BCUT2D eigenvalue weighted by molar-refractivity contribution is 6.03. The summed E-state index contributed by atoms with van der Waals surface area (Å²) in [5.41, 5.74) is 1.46. The second-order valence-corrected chi connectivity index (χ2v) is 13.3. The molecular weight excluding hydrogens is 676 g/mol. The first-order valence-electron chi connectivity index (χ1n) is 17.9. The molecule has 3 saturated heterocycles. The van der Waals surface area contributed by atoms with Gasteiger partial charge in [0.2, 0.25) is 23.6 Å². The molecule has 2 aromatic heterocycles. The summed E-state index contributed by atoms with van der Waals surface area (Å²) >= 11 is 0. The summed E-state index contributed by atoms with van der Waals surface area (Å²) in [7, 11) is 0. The maximum Gasteiger partial charge on any atom is 0.256 e. The number of likely N-dealkylation sites (tertiary alicyclic amines) is 3. The smallest absolute Gasteiger partial charge is 0.256 e. The molecule has 3 aliphatic rings. The van der Waals surface area contributed by atoms with E-state index in [0.717, 1.165) is 0 Å². The molecule has 6 rings (SSSR count). The van der Waals surface area contributed by atoms with Gasteiger partial charge < -0.3 is 30.7 Å². The number of amides is 6. The quantitative estimate of drug-likeness (QED) is 0.254. The fourth-order valence-electron chi connectivity index (χ4n) is 7.27. The third-order valence-corrected chi connectivity index (χ3v) is 9.89. The van der Waals surface area contributed by atoms with Crippen molar-refractivity contribution in [3.05, 3.63) is 84.4 Å². The van der Waals surface area contributed by atoms with Gasteiger partial charge in [0, 0.05) is 55.9 Å². The minimum absolute atomic E-state index is 0.169. The number of anilines is 2. The van der Waals surface area contributed by atoms with Gasteiger partial charge in [0.15, 0.2) is 0 Å². The van der Waals surface area contributed by atoms with Crippen LogP contribution < -0.4 is 16.0 Å². The van der Waals surface area contributed by atoms with Crippen molar-refractivity contribution in [3.8, 4) is 12.3 Å². The first kappa shape index (κ1) is 36.7. The zero-order valence-electron chi connectivity index (χ0n) is 29.3. The highest BCUT2D eigenvalue weighted by Crippen LogP contribution is 2.27. The van der Waals surface area contributed by atoms with Crippen LogP contribution >= 0.6 is 0 Å². The van der Waals surface area contributed by atoms with Gasteiger partial charge in [-0.3, -0.25) is 38.7 Å².